The van der Waals surface area contributed by atoms with Crippen LogP contribution in [0.2, 0.25) is 18.1 Å². The van der Waals surface area contributed by atoms with Gasteiger partial charge >= 0.3 is 11.9 Å². The second-order valence-corrected chi connectivity index (χ2v) is 16.0. The highest BCUT2D eigenvalue weighted by Gasteiger charge is 2.47. The molecule has 2 aromatic carbocycles. The third kappa shape index (κ3) is 4.90. The van der Waals surface area contributed by atoms with Gasteiger partial charge in [-0.25, -0.2) is 9.59 Å². The number of carbonyl (C=O) groups excluding carboxylic acids is 2. The first-order chi connectivity index (χ1) is 14.1. The van der Waals surface area contributed by atoms with E-state index >= 15 is 0 Å². The SMILES string of the molecule is COC(=O)/C(=C(\C(=O)OC)[Si](C)(C)C(C)(C)C)P(c1ccccc1)c1ccccc1. The molecule has 0 saturated heterocycles. The Hall–Kier alpha value is -2.23. The largest absolute Gasteiger partial charge is 0.466 e. The molecule has 0 radical (unpaired) electrons. The van der Waals surface area contributed by atoms with Crippen LogP contribution in [-0.4, -0.2) is 34.2 Å². The summed E-state index contributed by atoms with van der Waals surface area (Å²) in [5.41, 5.74) is 0. The van der Waals surface area contributed by atoms with Gasteiger partial charge in [-0.1, -0.05) is 94.5 Å². The molecule has 0 unspecified atom stereocenters. The Bertz CT molecular complexity index is 876. The highest BCUT2D eigenvalue weighted by molar-refractivity contribution is 7.78. The fraction of sp³-hybridized carbons (Fsp3) is 0.333. The number of methoxy groups -OCH3 is 2. The van der Waals surface area contributed by atoms with Gasteiger partial charge in [0.25, 0.3) is 0 Å². The van der Waals surface area contributed by atoms with Crippen molar-refractivity contribution < 1.29 is 19.1 Å². The van der Waals surface area contributed by atoms with Gasteiger partial charge in [-0.15, -0.1) is 0 Å². The summed E-state index contributed by atoms with van der Waals surface area (Å²) in [7, 11) is -1.04. The van der Waals surface area contributed by atoms with Gasteiger partial charge in [0.15, 0.2) is 0 Å². The molecule has 0 N–H and O–H groups in total. The lowest BCUT2D eigenvalue weighted by atomic mass is 10.2. The van der Waals surface area contributed by atoms with E-state index in [1.165, 1.54) is 14.2 Å². The first kappa shape index (κ1) is 24.0. The third-order valence-corrected chi connectivity index (χ3v) is 13.9. The van der Waals surface area contributed by atoms with Gasteiger partial charge in [-0.3, -0.25) is 0 Å². The van der Waals surface area contributed by atoms with Crippen LogP contribution in [0.4, 0.5) is 0 Å². The van der Waals surface area contributed by atoms with Crippen LogP contribution >= 0.6 is 7.92 Å². The van der Waals surface area contributed by atoms with Gasteiger partial charge in [-0.05, 0) is 23.6 Å². The predicted molar refractivity (Wildman–Crippen MR) is 127 cm³/mol. The summed E-state index contributed by atoms with van der Waals surface area (Å²) < 4.78 is 10.5. The molecule has 0 bridgehead atoms. The van der Waals surface area contributed by atoms with Crippen molar-refractivity contribution in [1.29, 1.82) is 0 Å². The highest BCUT2D eigenvalue weighted by Crippen LogP contribution is 2.51. The average molecular weight is 443 g/mol. The van der Waals surface area contributed by atoms with Crippen molar-refractivity contribution in [3.63, 3.8) is 0 Å². The molecule has 160 valence electrons. The van der Waals surface area contributed by atoms with Crippen LogP contribution in [0.5, 0.6) is 0 Å². The van der Waals surface area contributed by atoms with E-state index in [2.05, 4.69) is 33.9 Å². The Morgan fingerprint density at radius 1 is 0.767 bits per heavy atom. The first-order valence-electron chi connectivity index (χ1n) is 9.88. The molecule has 0 spiro atoms. The van der Waals surface area contributed by atoms with Crippen molar-refractivity contribution >= 4 is 38.5 Å². The Morgan fingerprint density at radius 2 is 1.17 bits per heavy atom. The molecule has 30 heavy (non-hydrogen) atoms. The summed E-state index contributed by atoms with van der Waals surface area (Å²) in [6, 6.07) is 19.7. The smallest absolute Gasteiger partial charge is 0.339 e. The minimum absolute atomic E-state index is 0.176. The number of esters is 2. The van der Waals surface area contributed by atoms with Crippen molar-refractivity contribution in [2.75, 3.05) is 14.2 Å². The second-order valence-electron chi connectivity index (χ2n) is 8.59. The molecule has 0 atom stereocenters. The van der Waals surface area contributed by atoms with Gasteiger partial charge in [0.1, 0.15) is 0 Å². The number of ether oxygens (including phenoxy) is 2. The number of benzene rings is 2. The lowest BCUT2D eigenvalue weighted by Gasteiger charge is -2.39. The van der Waals surface area contributed by atoms with Gasteiger partial charge in [0, 0.05) is 5.20 Å². The zero-order valence-corrected chi connectivity index (χ0v) is 20.7. The topological polar surface area (TPSA) is 52.6 Å². The maximum Gasteiger partial charge on any atom is 0.339 e. The van der Waals surface area contributed by atoms with E-state index in [0.29, 0.717) is 10.5 Å². The van der Waals surface area contributed by atoms with Crippen LogP contribution in [0.15, 0.2) is 71.2 Å². The van der Waals surface area contributed by atoms with Crippen LogP contribution in [0.25, 0.3) is 0 Å². The summed E-state index contributed by atoms with van der Waals surface area (Å²) in [5, 5.41) is 2.73. The normalized spacial score (nSPS) is 12.9. The summed E-state index contributed by atoms with van der Waals surface area (Å²) in [6.45, 7) is 10.6. The summed E-state index contributed by atoms with van der Waals surface area (Å²) in [6.07, 6.45) is 0. The van der Waals surface area contributed by atoms with Crippen molar-refractivity contribution in [2.45, 2.75) is 38.9 Å². The third-order valence-electron chi connectivity index (χ3n) is 5.76. The number of rotatable bonds is 6. The standard InChI is InChI=1S/C24H31O4PSi/c1-24(2,3)30(6,7)21(23(26)28-5)20(22(25)27-4)29(18-14-10-8-11-15-18)19-16-12-9-13-17-19/h8-17H,1-7H3/b21-20-. The van der Waals surface area contributed by atoms with Crippen molar-refractivity contribution in [1.82, 2.24) is 0 Å². The maximum absolute atomic E-state index is 13.3. The highest BCUT2D eigenvalue weighted by atomic mass is 31.1. The van der Waals surface area contributed by atoms with E-state index in [4.69, 9.17) is 9.47 Å². The minimum atomic E-state index is -2.47. The van der Waals surface area contributed by atoms with E-state index in [1.54, 1.807) is 0 Å². The zero-order chi connectivity index (χ0) is 22.5. The van der Waals surface area contributed by atoms with Crippen LogP contribution in [0, 0.1) is 0 Å². The van der Waals surface area contributed by atoms with Crippen LogP contribution in [0.3, 0.4) is 0 Å². The molecule has 2 aromatic rings. The summed E-state index contributed by atoms with van der Waals surface area (Å²) in [5.74, 6) is -0.916. The van der Waals surface area contributed by atoms with Crippen molar-refractivity contribution in [3.8, 4) is 0 Å². The molecule has 2 rings (SSSR count). The van der Waals surface area contributed by atoms with Crippen LogP contribution < -0.4 is 10.6 Å². The monoisotopic (exact) mass is 442 g/mol. The maximum atomic E-state index is 13.3. The fourth-order valence-electron chi connectivity index (χ4n) is 3.09. The quantitative estimate of drug-likeness (QED) is 0.280. The Labute approximate surface area is 182 Å². The molecule has 0 aliphatic rings. The Morgan fingerprint density at radius 3 is 1.50 bits per heavy atom. The Balaban J connectivity index is 3.00. The first-order valence-corrected chi connectivity index (χ1v) is 14.2. The summed E-state index contributed by atoms with van der Waals surface area (Å²) >= 11 is 0. The van der Waals surface area contributed by atoms with Crippen molar-refractivity contribution in [3.05, 3.63) is 71.2 Å². The van der Waals surface area contributed by atoms with E-state index in [9.17, 15) is 9.59 Å². The molecule has 0 saturated carbocycles. The van der Waals surface area contributed by atoms with E-state index in [1.807, 2.05) is 60.7 Å². The minimum Gasteiger partial charge on any atom is -0.466 e. The molecule has 0 aromatic heterocycles. The zero-order valence-electron chi connectivity index (χ0n) is 18.9. The lowest BCUT2D eigenvalue weighted by Crippen LogP contribution is -2.45. The molecular formula is C24H31O4PSi. The van der Waals surface area contributed by atoms with Gasteiger partial charge in [-0.2, -0.15) is 0 Å². The van der Waals surface area contributed by atoms with Crippen LogP contribution in [0.1, 0.15) is 20.8 Å². The van der Waals surface area contributed by atoms with E-state index in [-0.39, 0.29) is 5.04 Å². The molecule has 0 aliphatic heterocycles. The van der Waals surface area contributed by atoms with E-state index < -0.39 is 27.9 Å². The molecule has 6 heteroatoms. The molecule has 0 heterocycles. The summed E-state index contributed by atoms with van der Waals surface area (Å²) in [4.78, 5) is 26.5. The average Bonchev–Trinajstić information content (AvgIpc) is 2.73. The van der Waals surface area contributed by atoms with Gasteiger partial charge in [0.05, 0.1) is 27.6 Å². The molecule has 0 aliphatic carbocycles. The molecule has 4 nitrogen and oxygen atoms in total. The van der Waals surface area contributed by atoms with E-state index in [0.717, 1.165) is 10.6 Å². The second kappa shape index (κ2) is 9.72. The lowest BCUT2D eigenvalue weighted by molar-refractivity contribution is -0.138. The molecule has 0 fully saturated rings. The molecular weight excluding hydrogens is 411 g/mol. The van der Waals surface area contributed by atoms with Gasteiger partial charge in [0.2, 0.25) is 0 Å². The van der Waals surface area contributed by atoms with Crippen molar-refractivity contribution in [2.24, 2.45) is 0 Å². The van der Waals surface area contributed by atoms with Crippen LogP contribution in [-0.2, 0) is 19.1 Å². The fourth-order valence-corrected chi connectivity index (χ4v) is 8.66. The molecule has 0 amide bonds. The number of carbonyl (C=O) groups is 2. The Kier molecular flexibility index (Phi) is 7.79. The van der Waals surface area contributed by atoms with Gasteiger partial charge < -0.3 is 9.47 Å². The number of hydrogen-bond acceptors (Lipinski definition) is 4. The number of hydrogen-bond donors (Lipinski definition) is 0. The predicted octanol–water partition coefficient (Wildman–Crippen LogP) is 4.77.